The average Bonchev–Trinajstić information content (AvgIpc) is 3.35. The number of hydrogen-bond acceptors (Lipinski definition) is 6. The summed E-state index contributed by atoms with van der Waals surface area (Å²) in [6.45, 7) is 2.54. The Balaban J connectivity index is 1.42. The van der Waals surface area contributed by atoms with Crippen molar-refractivity contribution in [1.82, 2.24) is 24.6 Å². The third-order valence-corrected chi connectivity index (χ3v) is 5.99. The van der Waals surface area contributed by atoms with Gasteiger partial charge in [-0.1, -0.05) is 16.8 Å². The van der Waals surface area contributed by atoms with E-state index in [9.17, 15) is 4.79 Å². The Morgan fingerprint density at radius 1 is 1.17 bits per heavy atom. The molecule has 0 spiro atoms. The van der Waals surface area contributed by atoms with Crippen LogP contribution < -0.4 is 4.90 Å². The van der Waals surface area contributed by atoms with Crippen LogP contribution in [0.4, 0.5) is 10.5 Å². The number of urea groups is 1. The van der Waals surface area contributed by atoms with Crippen molar-refractivity contribution in [1.29, 1.82) is 0 Å². The summed E-state index contributed by atoms with van der Waals surface area (Å²) >= 11 is 6.27. The van der Waals surface area contributed by atoms with E-state index in [0.29, 0.717) is 61.2 Å². The number of imidazole rings is 1. The van der Waals surface area contributed by atoms with E-state index in [0.717, 1.165) is 29.9 Å². The fourth-order valence-electron chi connectivity index (χ4n) is 3.99. The lowest BCUT2D eigenvalue weighted by atomic mass is 10.1. The minimum absolute atomic E-state index is 0.0769. The predicted molar refractivity (Wildman–Crippen MR) is 108 cm³/mol. The fraction of sp³-hybridized carbons (Fsp3) is 0.400. The van der Waals surface area contributed by atoms with Crippen molar-refractivity contribution in [2.45, 2.75) is 25.3 Å². The number of carbonyl (C=O) groups is 1. The molecule has 1 saturated carbocycles. The Hall–Kier alpha value is -2.91. The van der Waals surface area contributed by atoms with Crippen LogP contribution in [0.3, 0.4) is 0 Å². The topological polar surface area (TPSA) is 89.5 Å². The van der Waals surface area contributed by atoms with Gasteiger partial charge in [-0.15, -0.1) is 0 Å². The summed E-state index contributed by atoms with van der Waals surface area (Å²) in [6, 6.07) is 5.45. The summed E-state index contributed by atoms with van der Waals surface area (Å²) in [5, 5.41) is 4.72. The number of rotatable bonds is 2. The molecule has 3 aliphatic rings. The van der Waals surface area contributed by atoms with Crippen molar-refractivity contribution in [3.8, 4) is 17.2 Å². The average molecular weight is 427 g/mol. The third-order valence-electron chi connectivity index (χ3n) is 5.75. The van der Waals surface area contributed by atoms with Crippen molar-refractivity contribution < 1.29 is 14.1 Å². The van der Waals surface area contributed by atoms with Crippen LogP contribution in [0.1, 0.15) is 30.3 Å². The van der Waals surface area contributed by atoms with E-state index >= 15 is 0 Å². The van der Waals surface area contributed by atoms with Gasteiger partial charge in [-0.25, -0.2) is 9.78 Å². The molecular weight excluding hydrogens is 408 g/mol. The Bertz CT molecular complexity index is 1130. The lowest BCUT2D eigenvalue weighted by Crippen LogP contribution is -2.49. The molecule has 4 heterocycles. The van der Waals surface area contributed by atoms with Crippen LogP contribution in [0, 0.1) is 0 Å². The molecule has 9 nitrogen and oxygen atoms in total. The van der Waals surface area contributed by atoms with Crippen LogP contribution in [-0.2, 0) is 11.3 Å². The Morgan fingerprint density at radius 2 is 2.00 bits per heavy atom. The highest BCUT2D eigenvalue weighted by Gasteiger charge is 2.35. The molecule has 2 aromatic heterocycles. The fourth-order valence-corrected chi connectivity index (χ4v) is 4.16. The van der Waals surface area contributed by atoms with Gasteiger partial charge in [0.25, 0.3) is 0 Å². The highest BCUT2D eigenvalue weighted by molar-refractivity contribution is 6.31. The predicted octanol–water partition coefficient (Wildman–Crippen LogP) is 3.23. The molecule has 10 heteroatoms. The van der Waals surface area contributed by atoms with Gasteiger partial charge < -0.3 is 14.2 Å². The van der Waals surface area contributed by atoms with Gasteiger partial charge in [-0.2, -0.15) is 4.98 Å². The van der Waals surface area contributed by atoms with E-state index in [1.54, 1.807) is 16.1 Å². The maximum atomic E-state index is 13.4. The van der Waals surface area contributed by atoms with Crippen LogP contribution in [0.15, 0.2) is 29.0 Å². The molecule has 1 aliphatic carbocycles. The van der Waals surface area contributed by atoms with Crippen molar-refractivity contribution >= 4 is 23.3 Å². The SMILES string of the molecule is O=C(N1CCOCC1)N1Cc2c(-c3noc(C4CC4)n3)ncn2-c2ccc(Cl)cc21. The third kappa shape index (κ3) is 2.88. The first-order chi connectivity index (χ1) is 14.7. The molecule has 6 rings (SSSR count). The first kappa shape index (κ1) is 17.9. The Morgan fingerprint density at radius 3 is 2.80 bits per heavy atom. The normalized spacial score (nSPS) is 18.3. The van der Waals surface area contributed by atoms with Crippen LogP contribution in [0.5, 0.6) is 0 Å². The van der Waals surface area contributed by atoms with E-state index < -0.39 is 0 Å². The summed E-state index contributed by atoms with van der Waals surface area (Å²) in [4.78, 5) is 26.0. The van der Waals surface area contributed by atoms with Crippen molar-refractivity contribution in [3.63, 3.8) is 0 Å². The second-order valence-corrected chi connectivity index (χ2v) is 8.18. The molecule has 0 bridgehead atoms. The van der Waals surface area contributed by atoms with Crippen LogP contribution >= 0.6 is 11.6 Å². The minimum Gasteiger partial charge on any atom is -0.378 e. The van der Waals surface area contributed by atoms with Gasteiger partial charge in [0.05, 0.1) is 36.8 Å². The van der Waals surface area contributed by atoms with Crippen molar-refractivity contribution in [2.24, 2.45) is 0 Å². The molecule has 0 radical (unpaired) electrons. The van der Waals surface area contributed by atoms with Crippen molar-refractivity contribution in [3.05, 3.63) is 41.1 Å². The van der Waals surface area contributed by atoms with Gasteiger partial charge in [0.15, 0.2) is 0 Å². The highest BCUT2D eigenvalue weighted by atomic mass is 35.5. The monoisotopic (exact) mass is 426 g/mol. The van der Waals surface area contributed by atoms with E-state index in [1.165, 1.54) is 0 Å². The summed E-state index contributed by atoms with van der Waals surface area (Å²) in [7, 11) is 0. The first-order valence-corrected chi connectivity index (χ1v) is 10.4. The molecule has 1 saturated heterocycles. The van der Waals surface area contributed by atoms with Gasteiger partial charge in [0, 0.05) is 24.0 Å². The standard InChI is InChI=1S/C20H19ClN6O3/c21-13-3-4-14-15(9-13)26(20(28)25-5-7-29-8-6-25)10-16-17(22-11-27(14)16)18-23-19(30-24-18)12-1-2-12/h3-4,9,11-12H,1-2,5-8,10H2. The molecular formula is C20H19ClN6O3. The molecule has 0 N–H and O–H groups in total. The second kappa shape index (κ2) is 6.82. The molecule has 1 aromatic carbocycles. The first-order valence-electron chi connectivity index (χ1n) is 10.0. The summed E-state index contributed by atoms with van der Waals surface area (Å²) in [5.41, 5.74) is 3.06. The largest absolute Gasteiger partial charge is 0.378 e. The van der Waals surface area contributed by atoms with Gasteiger partial charge in [0.2, 0.25) is 11.7 Å². The van der Waals surface area contributed by atoms with Crippen LogP contribution in [0.2, 0.25) is 5.02 Å². The van der Waals surface area contributed by atoms with Crippen molar-refractivity contribution in [2.75, 3.05) is 31.2 Å². The number of carbonyl (C=O) groups excluding carboxylic acids is 1. The lowest BCUT2D eigenvalue weighted by molar-refractivity contribution is 0.0547. The Kier molecular flexibility index (Phi) is 4.07. The number of halogens is 1. The molecule has 2 aliphatic heterocycles. The Labute approximate surface area is 177 Å². The van der Waals surface area contributed by atoms with Gasteiger partial charge in [-0.3, -0.25) is 9.47 Å². The molecule has 3 aromatic rings. The number of ether oxygens (including phenoxy) is 1. The van der Waals surface area contributed by atoms with E-state index in [4.69, 9.17) is 20.9 Å². The quantitative estimate of drug-likeness (QED) is 0.625. The molecule has 154 valence electrons. The molecule has 2 amide bonds. The highest BCUT2D eigenvalue weighted by Crippen LogP contribution is 2.41. The maximum absolute atomic E-state index is 13.4. The van der Waals surface area contributed by atoms with Crippen LogP contribution in [0.25, 0.3) is 17.2 Å². The second-order valence-electron chi connectivity index (χ2n) is 7.74. The van der Waals surface area contributed by atoms with Gasteiger partial charge >= 0.3 is 6.03 Å². The van der Waals surface area contributed by atoms with E-state index in [1.807, 2.05) is 22.8 Å². The summed E-state index contributed by atoms with van der Waals surface area (Å²) < 4.78 is 12.8. The summed E-state index contributed by atoms with van der Waals surface area (Å²) in [6.07, 6.45) is 3.90. The molecule has 2 fully saturated rings. The van der Waals surface area contributed by atoms with Gasteiger partial charge in [0.1, 0.15) is 12.0 Å². The maximum Gasteiger partial charge on any atom is 0.325 e. The molecule has 0 unspecified atom stereocenters. The number of morpholine rings is 1. The number of amides is 2. The number of aromatic nitrogens is 4. The minimum atomic E-state index is -0.0769. The zero-order valence-corrected chi connectivity index (χ0v) is 16.9. The zero-order valence-electron chi connectivity index (χ0n) is 16.1. The lowest BCUT2D eigenvalue weighted by Gasteiger charge is -2.36. The zero-order chi connectivity index (χ0) is 20.2. The van der Waals surface area contributed by atoms with Crippen LogP contribution in [-0.4, -0.2) is 56.9 Å². The number of fused-ring (bicyclic) bond motifs is 3. The van der Waals surface area contributed by atoms with E-state index in [-0.39, 0.29) is 6.03 Å². The number of hydrogen-bond donors (Lipinski definition) is 0. The molecule has 0 atom stereocenters. The smallest absolute Gasteiger partial charge is 0.325 e. The number of anilines is 1. The van der Waals surface area contributed by atoms with Gasteiger partial charge in [-0.05, 0) is 31.0 Å². The summed E-state index contributed by atoms with van der Waals surface area (Å²) in [5.74, 6) is 1.49. The number of nitrogens with zero attached hydrogens (tertiary/aromatic N) is 6. The number of benzene rings is 1. The van der Waals surface area contributed by atoms with E-state index in [2.05, 4.69) is 15.1 Å². The molecule has 30 heavy (non-hydrogen) atoms.